The zero-order valence-corrected chi connectivity index (χ0v) is 13.4. The number of fused-ring (bicyclic) bond motifs is 1. The summed E-state index contributed by atoms with van der Waals surface area (Å²) in [5, 5.41) is 14.0. The molecule has 0 saturated heterocycles. The standard InChI is InChI=1S/C16H11N5O2S/c1-10-4-6-11(7-5-10)20-14-12(9-17-20)15(22)21(19-18-14)16(23)13-3-2-8-24-13/h2-9H,1H3. The van der Waals surface area contributed by atoms with Gasteiger partial charge < -0.3 is 0 Å². The van der Waals surface area contributed by atoms with Crippen LogP contribution in [0.1, 0.15) is 15.2 Å². The Balaban J connectivity index is 1.86. The first-order chi connectivity index (χ1) is 11.6. The third-order valence-corrected chi connectivity index (χ3v) is 4.46. The summed E-state index contributed by atoms with van der Waals surface area (Å²) >= 11 is 1.25. The Kier molecular flexibility index (Phi) is 3.31. The van der Waals surface area contributed by atoms with Crippen molar-refractivity contribution >= 4 is 28.3 Å². The molecule has 7 nitrogen and oxygen atoms in total. The minimum Gasteiger partial charge on any atom is -0.266 e. The number of benzene rings is 1. The second kappa shape index (κ2) is 5.50. The molecule has 4 rings (SSSR count). The van der Waals surface area contributed by atoms with Crippen molar-refractivity contribution in [3.8, 4) is 5.69 Å². The third kappa shape index (κ3) is 2.24. The van der Waals surface area contributed by atoms with Gasteiger partial charge in [0, 0.05) is 0 Å². The molecule has 0 atom stereocenters. The van der Waals surface area contributed by atoms with Crippen molar-refractivity contribution < 1.29 is 4.79 Å². The minimum absolute atomic E-state index is 0.246. The first kappa shape index (κ1) is 14.5. The molecule has 0 aliphatic heterocycles. The lowest BCUT2D eigenvalue weighted by molar-refractivity contribution is 0.0940. The van der Waals surface area contributed by atoms with Gasteiger partial charge in [-0.1, -0.05) is 29.0 Å². The molecule has 0 radical (unpaired) electrons. The lowest BCUT2D eigenvalue weighted by atomic mass is 10.2. The second-order valence-electron chi connectivity index (χ2n) is 5.22. The van der Waals surface area contributed by atoms with Crippen molar-refractivity contribution in [2.45, 2.75) is 6.92 Å². The van der Waals surface area contributed by atoms with E-state index in [1.54, 1.807) is 17.5 Å². The predicted molar refractivity (Wildman–Crippen MR) is 89.7 cm³/mol. The molecular weight excluding hydrogens is 326 g/mol. The summed E-state index contributed by atoms with van der Waals surface area (Å²) in [6.45, 7) is 1.99. The smallest absolute Gasteiger partial charge is 0.266 e. The number of hydrogen-bond acceptors (Lipinski definition) is 6. The SMILES string of the molecule is Cc1ccc(-n2ncc3c(=O)n(C(=O)c4cccs4)nnc32)cc1. The lowest BCUT2D eigenvalue weighted by Gasteiger charge is -2.03. The monoisotopic (exact) mass is 337 g/mol. The summed E-state index contributed by atoms with van der Waals surface area (Å²) in [7, 11) is 0. The van der Waals surface area contributed by atoms with Crippen LogP contribution in [-0.4, -0.2) is 30.7 Å². The van der Waals surface area contributed by atoms with E-state index >= 15 is 0 Å². The summed E-state index contributed by atoms with van der Waals surface area (Å²) in [4.78, 5) is 25.3. The van der Waals surface area contributed by atoms with Gasteiger partial charge in [-0.3, -0.25) is 9.59 Å². The molecule has 0 spiro atoms. The number of carbonyl (C=O) groups excluding carboxylic acids is 1. The molecule has 0 bridgehead atoms. The van der Waals surface area contributed by atoms with Crippen LogP contribution in [0.15, 0.2) is 52.8 Å². The largest absolute Gasteiger partial charge is 0.292 e. The lowest BCUT2D eigenvalue weighted by Crippen LogP contribution is -2.30. The van der Waals surface area contributed by atoms with Gasteiger partial charge in [0.1, 0.15) is 5.39 Å². The first-order valence-electron chi connectivity index (χ1n) is 7.14. The Morgan fingerprint density at radius 2 is 1.96 bits per heavy atom. The van der Waals surface area contributed by atoms with Gasteiger partial charge >= 0.3 is 0 Å². The first-order valence-corrected chi connectivity index (χ1v) is 8.02. The van der Waals surface area contributed by atoms with E-state index in [2.05, 4.69) is 15.4 Å². The van der Waals surface area contributed by atoms with E-state index in [9.17, 15) is 9.59 Å². The number of aromatic nitrogens is 5. The van der Waals surface area contributed by atoms with Crippen LogP contribution in [0.2, 0.25) is 0 Å². The van der Waals surface area contributed by atoms with Crippen molar-refractivity contribution in [1.82, 2.24) is 24.8 Å². The van der Waals surface area contributed by atoms with Crippen molar-refractivity contribution in [3.05, 3.63) is 68.8 Å². The van der Waals surface area contributed by atoms with Gasteiger partial charge in [0.2, 0.25) is 0 Å². The van der Waals surface area contributed by atoms with Gasteiger partial charge in [-0.05, 0) is 30.5 Å². The normalized spacial score (nSPS) is 11.0. The molecule has 0 saturated carbocycles. The van der Waals surface area contributed by atoms with Gasteiger partial charge in [0.25, 0.3) is 11.5 Å². The number of carbonyl (C=O) groups is 1. The Morgan fingerprint density at radius 3 is 2.67 bits per heavy atom. The Bertz CT molecular complexity index is 1090. The Labute approximate surface area is 139 Å². The summed E-state index contributed by atoms with van der Waals surface area (Å²) in [5.41, 5.74) is 1.67. The highest BCUT2D eigenvalue weighted by molar-refractivity contribution is 7.12. The summed E-state index contributed by atoms with van der Waals surface area (Å²) in [5.74, 6) is -0.493. The van der Waals surface area contributed by atoms with Crippen LogP contribution >= 0.6 is 11.3 Å². The second-order valence-corrected chi connectivity index (χ2v) is 6.17. The van der Waals surface area contributed by atoms with E-state index in [-0.39, 0.29) is 5.39 Å². The fraction of sp³-hybridized carbons (Fsp3) is 0.0625. The average molecular weight is 337 g/mol. The number of hydrogen-bond donors (Lipinski definition) is 0. The number of rotatable bonds is 2. The summed E-state index contributed by atoms with van der Waals surface area (Å²) in [6, 6.07) is 11.0. The van der Waals surface area contributed by atoms with E-state index in [0.717, 1.165) is 15.9 Å². The molecule has 24 heavy (non-hydrogen) atoms. The molecule has 1 aromatic carbocycles. The molecule has 0 N–H and O–H groups in total. The van der Waals surface area contributed by atoms with E-state index in [0.29, 0.717) is 10.5 Å². The van der Waals surface area contributed by atoms with Crippen LogP contribution < -0.4 is 5.56 Å². The molecule has 118 valence electrons. The fourth-order valence-corrected chi connectivity index (χ4v) is 2.99. The molecule has 0 fully saturated rings. The molecule has 4 aromatic rings. The Morgan fingerprint density at radius 1 is 1.17 bits per heavy atom. The van der Waals surface area contributed by atoms with Gasteiger partial charge in [-0.25, -0.2) is 4.68 Å². The minimum atomic E-state index is -0.531. The zero-order chi connectivity index (χ0) is 16.7. The maximum Gasteiger partial charge on any atom is 0.292 e. The van der Waals surface area contributed by atoms with E-state index in [1.807, 2.05) is 31.2 Å². The molecule has 0 unspecified atom stereocenters. The van der Waals surface area contributed by atoms with E-state index in [4.69, 9.17) is 0 Å². The molecule has 0 aliphatic rings. The highest BCUT2D eigenvalue weighted by Crippen LogP contribution is 2.14. The molecule has 0 aliphatic carbocycles. The molecule has 3 heterocycles. The van der Waals surface area contributed by atoms with Crippen LogP contribution in [0.4, 0.5) is 0 Å². The van der Waals surface area contributed by atoms with E-state index in [1.165, 1.54) is 22.2 Å². The average Bonchev–Trinajstić information content (AvgIpc) is 3.25. The van der Waals surface area contributed by atoms with Crippen molar-refractivity contribution in [2.24, 2.45) is 0 Å². The summed E-state index contributed by atoms with van der Waals surface area (Å²) in [6.07, 6.45) is 1.41. The third-order valence-electron chi connectivity index (χ3n) is 3.60. The number of thiophene rings is 1. The van der Waals surface area contributed by atoms with Crippen LogP contribution in [0.3, 0.4) is 0 Å². The molecule has 8 heteroatoms. The molecular formula is C16H11N5O2S. The highest BCUT2D eigenvalue weighted by Gasteiger charge is 2.18. The highest BCUT2D eigenvalue weighted by atomic mass is 32.1. The van der Waals surface area contributed by atoms with Gasteiger partial charge in [-0.15, -0.1) is 21.1 Å². The van der Waals surface area contributed by atoms with Crippen molar-refractivity contribution in [1.29, 1.82) is 0 Å². The van der Waals surface area contributed by atoms with Crippen LogP contribution in [0.25, 0.3) is 16.7 Å². The van der Waals surface area contributed by atoms with Crippen LogP contribution in [0, 0.1) is 6.92 Å². The van der Waals surface area contributed by atoms with Gasteiger partial charge in [0.15, 0.2) is 5.65 Å². The van der Waals surface area contributed by atoms with E-state index < -0.39 is 11.5 Å². The molecule has 3 aromatic heterocycles. The Hall–Kier alpha value is -3.13. The maximum absolute atomic E-state index is 12.6. The predicted octanol–water partition coefficient (Wildman–Crippen LogP) is 2.04. The topological polar surface area (TPSA) is 82.7 Å². The van der Waals surface area contributed by atoms with Crippen LogP contribution in [0.5, 0.6) is 0 Å². The van der Waals surface area contributed by atoms with Gasteiger partial charge in [0.05, 0.1) is 16.8 Å². The number of aryl methyl sites for hydroxylation is 1. The summed E-state index contributed by atoms with van der Waals surface area (Å²) < 4.78 is 2.30. The molecule has 0 amide bonds. The van der Waals surface area contributed by atoms with Crippen molar-refractivity contribution in [2.75, 3.05) is 0 Å². The maximum atomic E-state index is 12.6. The number of nitrogens with zero attached hydrogens (tertiary/aromatic N) is 5. The zero-order valence-electron chi connectivity index (χ0n) is 12.6. The van der Waals surface area contributed by atoms with Crippen LogP contribution in [-0.2, 0) is 0 Å². The van der Waals surface area contributed by atoms with Gasteiger partial charge in [-0.2, -0.15) is 5.10 Å². The fourth-order valence-electron chi connectivity index (χ4n) is 2.34. The quantitative estimate of drug-likeness (QED) is 0.559. The van der Waals surface area contributed by atoms with Crippen molar-refractivity contribution in [3.63, 3.8) is 0 Å².